The molecule has 1 heterocycles. The zero-order chi connectivity index (χ0) is 17.5. The van der Waals surface area contributed by atoms with Crippen LogP contribution in [0.1, 0.15) is 36.8 Å². The minimum atomic E-state index is -0.839. The fraction of sp³-hybridized carbons (Fsp3) is 0.556. The molecule has 24 heavy (non-hydrogen) atoms. The first kappa shape index (κ1) is 18.1. The van der Waals surface area contributed by atoms with Gasteiger partial charge in [-0.25, -0.2) is 4.79 Å². The van der Waals surface area contributed by atoms with Crippen molar-refractivity contribution >= 4 is 12.0 Å². The lowest BCUT2D eigenvalue weighted by Crippen LogP contribution is -2.46. The summed E-state index contributed by atoms with van der Waals surface area (Å²) in [6.45, 7) is 5.78. The van der Waals surface area contributed by atoms with Gasteiger partial charge in [-0.2, -0.15) is 0 Å². The van der Waals surface area contributed by atoms with E-state index in [9.17, 15) is 9.59 Å². The number of ether oxygens (including phenoxy) is 1. The van der Waals surface area contributed by atoms with Crippen molar-refractivity contribution in [2.45, 2.75) is 45.6 Å². The number of aliphatic carboxylic acids is 1. The average molecular weight is 334 g/mol. The predicted octanol–water partition coefficient (Wildman–Crippen LogP) is 2.72. The highest BCUT2D eigenvalue weighted by molar-refractivity contribution is 5.74. The SMILES string of the molecule is Cc1ccc(C)c(OC2CCN(C(=O)NCCCC(=O)O)CC2)c1. The number of nitrogens with zero attached hydrogens (tertiary/aromatic N) is 1. The van der Waals surface area contributed by atoms with E-state index in [4.69, 9.17) is 9.84 Å². The van der Waals surface area contributed by atoms with E-state index in [0.29, 0.717) is 26.1 Å². The maximum atomic E-state index is 12.0. The van der Waals surface area contributed by atoms with Crippen molar-refractivity contribution in [3.63, 3.8) is 0 Å². The molecule has 6 nitrogen and oxygen atoms in total. The Bertz CT molecular complexity index is 580. The van der Waals surface area contributed by atoms with Crippen LogP contribution in [0.2, 0.25) is 0 Å². The van der Waals surface area contributed by atoms with E-state index < -0.39 is 5.97 Å². The van der Waals surface area contributed by atoms with E-state index in [1.807, 2.05) is 13.8 Å². The van der Waals surface area contributed by atoms with Crippen LogP contribution in [-0.4, -0.2) is 47.7 Å². The highest BCUT2D eigenvalue weighted by Crippen LogP contribution is 2.23. The number of carbonyl (C=O) groups excluding carboxylic acids is 1. The molecule has 1 aromatic carbocycles. The van der Waals surface area contributed by atoms with Crippen molar-refractivity contribution in [2.75, 3.05) is 19.6 Å². The fourth-order valence-corrected chi connectivity index (χ4v) is 2.74. The van der Waals surface area contributed by atoms with E-state index in [0.717, 1.165) is 24.2 Å². The molecule has 1 saturated heterocycles. The van der Waals surface area contributed by atoms with E-state index >= 15 is 0 Å². The van der Waals surface area contributed by atoms with E-state index in [1.54, 1.807) is 4.90 Å². The fourth-order valence-electron chi connectivity index (χ4n) is 2.74. The number of carboxylic acids is 1. The van der Waals surface area contributed by atoms with Crippen LogP contribution in [0.3, 0.4) is 0 Å². The molecule has 0 saturated carbocycles. The van der Waals surface area contributed by atoms with Gasteiger partial charge in [0.2, 0.25) is 0 Å². The molecule has 0 radical (unpaired) electrons. The average Bonchev–Trinajstić information content (AvgIpc) is 2.55. The normalized spacial score (nSPS) is 15.2. The van der Waals surface area contributed by atoms with E-state index in [2.05, 4.69) is 23.5 Å². The molecular weight excluding hydrogens is 308 g/mol. The van der Waals surface area contributed by atoms with Gasteiger partial charge in [0.15, 0.2) is 0 Å². The van der Waals surface area contributed by atoms with Gasteiger partial charge in [0.05, 0.1) is 0 Å². The first-order chi connectivity index (χ1) is 11.5. The van der Waals surface area contributed by atoms with Gasteiger partial charge in [0, 0.05) is 38.9 Å². The van der Waals surface area contributed by atoms with Crippen LogP contribution in [0.15, 0.2) is 18.2 Å². The molecule has 0 unspecified atom stereocenters. The molecule has 0 aliphatic carbocycles. The molecule has 2 rings (SSSR count). The maximum Gasteiger partial charge on any atom is 0.317 e. The number of amides is 2. The smallest absolute Gasteiger partial charge is 0.317 e. The summed E-state index contributed by atoms with van der Waals surface area (Å²) in [5.74, 6) is 0.0835. The molecule has 1 fully saturated rings. The third kappa shape index (κ3) is 5.44. The molecule has 0 bridgehead atoms. The summed E-state index contributed by atoms with van der Waals surface area (Å²) in [5.41, 5.74) is 2.30. The highest BCUT2D eigenvalue weighted by atomic mass is 16.5. The third-order valence-electron chi connectivity index (χ3n) is 4.21. The lowest BCUT2D eigenvalue weighted by Gasteiger charge is -2.32. The number of hydrogen-bond donors (Lipinski definition) is 2. The number of benzene rings is 1. The maximum absolute atomic E-state index is 12.0. The summed E-state index contributed by atoms with van der Waals surface area (Å²) in [4.78, 5) is 24.2. The summed E-state index contributed by atoms with van der Waals surface area (Å²) >= 11 is 0. The Labute approximate surface area is 142 Å². The van der Waals surface area contributed by atoms with Crippen molar-refractivity contribution in [3.05, 3.63) is 29.3 Å². The van der Waals surface area contributed by atoms with Gasteiger partial charge in [-0.3, -0.25) is 4.79 Å². The summed E-state index contributed by atoms with van der Waals surface area (Å²) in [6.07, 6.45) is 2.26. The second-order valence-corrected chi connectivity index (χ2v) is 6.30. The molecule has 6 heteroatoms. The Morgan fingerprint density at radius 3 is 2.67 bits per heavy atom. The standard InChI is InChI=1S/C18H26N2O4/c1-13-5-6-14(2)16(12-13)24-15-7-10-20(11-8-15)18(23)19-9-3-4-17(21)22/h5-6,12,15H,3-4,7-11H2,1-2H3,(H,19,23)(H,21,22). The van der Waals surface area contributed by atoms with Gasteiger partial charge in [-0.15, -0.1) is 0 Å². The third-order valence-corrected chi connectivity index (χ3v) is 4.21. The minimum Gasteiger partial charge on any atom is -0.490 e. The Kier molecular flexibility index (Phi) is 6.46. The molecule has 132 valence electrons. The zero-order valence-electron chi connectivity index (χ0n) is 14.4. The number of nitrogens with one attached hydrogen (secondary N) is 1. The monoisotopic (exact) mass is 334 g/mol. The largest absolute Gasteiger partial charge is 0.490 e. The second kappa shape index (κ2) is 8.57. The molecule has 2 amide bonds. The molecule has 1 aliphatic heterocycles. The zero-order valence-corrected chi connectivity index (χ0v) is 14.4. The van der Waals surface area contributed by atoms with Crippen molar-refractivity contribution < 1.29 is 19.4 Å². The van der Waals surface area contributed by atoms with Crippen LogP contribution in [0.5, 0.6) is 5.75 Å². The molecule has 1 aliphatic rings. The first-order valence-electron chi connectivity index (χ1n) is 8.44. The molecule has 2 N–H and O–H groups in total. The molecule has 0 atom stereocenters. The summed E-state index contributed by atoms with van der Waals surface area (Å²) in [7, 11) is 0. The Hall–Kier alpha value is -2.24. The number of carboxylic acid groups (broad SMARTS) is 1. The van der Waals surface area contributed by atoms with Crippen LogP contribution in [0.4, 0.5) is 4.79 Å². The summed E-state index contributed by atoms with van der Waals surface area (Å²) in [6, 6.07) is 6.06. The van der Waals surface area contributed by atoms with Crippen LogP contribution >= 0.6 is 0 Å². The van der Waals surface area contributed by atoms with Gasteiger partial charge >= 0.3 is 12.0 Å². The molecule has 0 aromatic heterocycles. The van der Waals surface area contributed by atoms with Crippen molar-refractivity contribution in [1.29, 1.82) is 0 Å². The highest BCUT2D eigenvalue weighted by Gasteiger charge is 2.24. The Balaban J connectivity index is 1.73. The van der Waals surface area contributed by atoms with Crippen LogP contribution in [0.25, 0.3) is 0 Å². The molecule has 0 spiro atoms. The van der Waals surface area contributed by atoms with Crippen LogP contribution in [0, 0.1) is 13.8 Å². The number of carbonyl (C=O) groups is 2. The topological polar surface area (TPSA) is 78.9 Å². The number of piperidine rings is 1. The van der Waals surface area contributed by atoms with Gasteiger partial charge in [0.25, 0.3) is 0 Å². The quantitative estimate of drug-likeness (QED) is 0.784. The first-order valence-corrected chi connectivity index (χ1v) is 8.44. The van der Waals surface area contributed by atoms with Gasteiger partial charge < -0.3 is 20.1 Å². The molecule has 1 aromatic rings. The number of hydrogen-bond acceptors (Lipinski definition) is 3. The van der Waals surface area contributed by atoms with Gasteiger partial charge in [-0.1, -0.05) is 12.1 Å². The molecular formula is C18H26N2O4. The lowest BCUT2D eigenvalue weighted by molar-refractivity contribution is -0.137. The number of urea groups is 1. The van der Waals surface area contributed by atoms with Crippen molar-refractivity contribution in [3.8, 4) is 5.75 Å². The Morgan fingerprint density at radius 1 is 1.29 bits per heavy atom. The van der Waals surface area contributed by atoms with E-state index in [-0.39, 0.29) is 18.6 Å². The number of likely N-dealkylation sites (tertiary alicyclic amines) is 1. The van der Waals surface area contributed by atoms with Crippen molar-refractivity contribution in [1.82, 2.24) is 10.2 Å². The summed E-state index contributed by atoms with van der Waals surface area (Å²) in [5, 5.41) is 11.3. The van der Waals surface area contributed by atoms with Gasteiger partial charge in [-0.05, 0) is 37.5 Å². The van der Waals surface area contributed by atoms with Crippen LogP contribution in [-0.2, 0) is 4.79 Å². The Morgan fingerprint density at radius 2 is 2.00 bits per heavy atom. The minimum absolute atomic E-state index is 0.0754. The van der Waals surface area contributed by atoms with Crippen LogP contribution < -0.4 is 10.1 Å². The number of aryl methyl sites for hydroxylation is 2. The second-order valence-electron chi connectivity index (χ2n) is 6.30. The van der Waals surface area contributed by atoms with E-state index in [1.165, 1.54) is 5.56 Å². The predicted molar refractivity (Wildman–Crippen MR) is 91.4 cm³/mol. The number of rotatable bonds is 6. The summed E-state index contributed by atoms with van der Waals surface area (Å²) < 4.78 is 6.10. The van der Waals surface area contributed by atoms with Gasteiger partial charge in [0.1, 0.15) is 11.9 Å². The van der Waals surface area contributed by atoms with Crippen molar-refractivity contribution in [2.24, 2.45) is 0 Å². The lowest BCUT2D eigenvalue weighted by atomic mass is 10.1.